The van der Waals surface area contributed by atoms with Gasteiger partial charge in [0.05, 0.1) is 30.6 Å². The molecule has 0 saturated carbocycles. The second-order valence-corrected chi connectivity index (χ2v) is 4.01. The van der Waals surface area contributed by atoms with Crippen LogP contribution in [-0.2, 0) is 16.0 Å². The number of aliphatic hydroxyl groups is 1. The van der Waals surface area contributed by atoms with Crippen molar-refractivity contribution in [2.24, 2.45) is 0 Å². The number of nitrogens with one attached hydrogen (secondary N) is 1. The maximum absolute atomic E-state index is 11.7. The molecule has 1 aromatic carbocycles. The predicted octanol–water partition coefficient (Wildman–Crippen LogP) is 0.261. The maximum atomic E-state index is 11.7. The van der Waals surface area contributed by atoms with E-state index in [4.69, 9.17) is 9.84 Å². The van der Waals surface area contributed by atoms with E-state index in [9.17, 15) is 14.9 Å². The van der Waals surface area contributed by atoms with Gasteiger partial charge in [-0.25, -0.2) is 0 Å². The highest BCUT2D eigenvalue weighted by Crippen LogP contribution is 2.13. The molecule has 0 aliphatic carbocycles. The number of ether oxygens (including phenoxy) is 1. The molecule has 104 valence electrons. The number of non-ortho nitro benzene ring substituents is 1. The van der Waals surface area contributed by atoms with E-state index in [-0.39, 0.29) is 31.2 Å². The maximum Gasteiger partial charge on any atom is 0.269 e. The highest BCUT2D eigenvalue weighted by atomic mass is 16.6. The minimum absolute atomic E-state index is 0.0158. The highest BCUT2D eigenvalue weighted by molar-refractivity contribution is 5.79. The lowest BCUT2D eigenvalue weighted by molar-refractivity contribution is -0.384. The Morgan fingerprint density at radius 3 is 2.89 bits per heavy atom. The van der Waals surface area contributed by atoms with Crippen LogP contribution in [0.25, 0.3) is 0 Å². The number of hydrogen-bond donors (Lipinski definition) is 2. The summed E-state index contributed by atoms with van der Waals surface area (Å²) in [7, 11) is 1.47. The van der Waals surface area contributed by atoms with Gasteiger partial charge >= 0.3 is 0 Å². The normalized spacial score (nSPS) is 11.9. The van der Waals surface area contributed by atoms with E-state index in [0.29, 0.717) is 5.56 Å². The molecule has 1 aromatic rings. The number of nitro benzene ring substituents is 1. The van der Waals surface area contributed by atoms with Gasteiger partial charge in [-0.15, -0.1) is 0 Å². The second-order valence-electron chi connectivity index (χ2n) is 4.01. The Labute approximate surface area is 110 Å². The summed E-state index contributed by atoms with van der Waals surface area (Å²) in [5, 5.41) is 22.2. The molecule has 7 nitrogen and oxygen atoms in total. The van der Waals surface area contributed by atoms with Gasteiger partial charge in [0.25, 0.3) is 5.69 Å². The molecule has 0 bridgehead atoms. The molecule has 0 saturated heterocycles. The van der Waals surface area contributed by atoms with Crippen molar-refractivity contribution in [3.63, 3.8) is 0 Å². The molecule has 1 unspecified atom stereocenters. The van der Waals surface area contributed by atoms with E-state index in [1.54, 1.807) is 6.07 Å². The standard InChI is InChI=1S/C12H16N2O5/c1-19-8-10(7-15)13-12(16)6-9-3-2-4-11(5-9)14(17)18/h2-5,10,15H,6-8H2,1H3,(H,13,16). The smallest absolute Gasteiger partial charge is 0.269 e. The fourth-order valence-corrected chi connectivity index (χ4v) is 1.59. The van der Waals surface area contributed by atoms with Gasteiger partial charge < -0.3 is 15.2 Å². The van der Waals surface area contributed by atoms with E-state index in [1.807, 2.05) is 0 Å². The molecule has 0 heterocycles. The molecule has 0 aliphatic heterocycles. The van der Waals surface area contributed by atoms with Crippen molar-refractivity contribution in [2.45, 2.75) is 12.5 Å². The summed E-state index contributed by atoms with van der Waals surface area (Å²) in [5.41, 5.74) is 0.488. The minimum atomic E-state index is -0.511. The van der Waals surface area contributed by atoms with Crippen LogP contribution in [0.5, 0.6) is 0 Å². The van der Waals surface area contributed by atoms with E-state index in [2.05, 4.69) is 5.32 Å². The first-order valence-corrected chi connectivity index (χ1v) is 5.69. The van der Waals surface area contributed by atoms with E-state index in [1.165, 1.54) is 25.3 Å². The van der Waals surface area contributed by atoms with Gasteiger partial charge in [0.1, 0.15) is 0 Å². The Bertz CT molecular complexity index is 450. The molecule has 1 rings (SSSR count). The summed E-state index contributed by atoms with van der Waals surface area (Å²) in [6, 6.07) is 5.40. The van der Waals surface area contributed by atoms with Crippen molar-refractivity contribution in [1.29, 1.82) is 0 Å². The summed E-state index contributed by atoms with van der Waals surface area (Å²) in [6.07, 6.45) is 0.0158. The summed E-state index contributed by atoms with van der Waals surface area (Å²) < 4.78 is 4.83. The summed E-state index contributed by atoms with van der Waals surface area (Å²) in [4.78, 5) is 21.8. The van der Waals surface area contributed by atoms with Gasteiger partial charge in [0.15, 0.2) is 0 Å². The van der Waals surface area contributed by atoms with Crippen molar-refractivity contribution in [3.8, 4) is 0 Å². The molecule has 0 fully saturated rings. The Kier molecular flexibility index (Phi) is 5.91. The number of rotatable bonds is 7. The van der Waals surface area contributed by atoms with E-state index >= 15 is 0 Å². The zero-order valence-electron chi connectivity index (χ0n) is 10.5. The van der Waals surface area contributed by atoms with Crippen LogP contribution < -0.4 is 5.32 Å². The highest BCUT2D eigenvalue weighted by Gasteiger charge is 2.13. The number of carbonyl (C=O) groups excluding carboxylic acids is 1. The minimum Gasteiger partial charge on any atom is -0.394 e. The van der Waals surface area contributed by atoms with Crippen LogP contribution in [0.4, 0.5) is 5.69 Å². The van der Waals surface area contributed by atoms with E-state index < -0.39 is 11.0 Å². The molecule has 0 spiro atoms. The van der Waals surface area contributed by atoms with Crippen molar-refractivity contribution < 1.29 is 19.6 Å². The lowest BCUT2D eigenvalue weighted by atomic mass is 10.1. The Hall–Kier alpha value is -1.99. The fraction of sp³-hybridized carbons (Fsp3) is 0.417. The molecule has 0 aromatic heterocycles. The van der Waals surface area contributed by atoms with Crippen LogP contribution in [-0.4, -0.2) is 42.3 Å². The van der Waals surface area contributed by atoms with Crippen LogP contribution in [0.3, 0.4) is 0 Å². The molecule has 0 radical (unpaired) electrons. The molecule has 1 atom stereocenters. The van der Waals surface area contributed by atoms with Crippen LogP contribution in [0, 0.1) is 10.1 Å². The average Bonchev–Trinajstić information content (AvgIpc) is 2.38. The number of aliphatic hydroxyl groups excluding tert-OH is 1. The zero-order chi connectivity index (χ0) is 14.3. The Morgan fingerprint density at radius 2 is 2.32 bits per heavy atom. The molecule has 19 heavy (non-hydrogen) atoms. The van der Waals surface area contributed by atoms with Crippen LogP contribution in [0.15, 0.2) is 24.3 Å². The van der Waals surface area contributed by atoms with Gasteiger partial charge in [0, 0.05) is 19.2 Å². The quantitative estimate of drug-likeness (QED) is 0.545. The monoisotopic (exact) mass is 268 g/mol. The average molecular weight is 268 g/mol. The lowest BCUT2D eigenvalue weighted by Gasteiger charge is -2.15. The van der Waals surface area contributed by atoms with Crippen molar-refractivity contribution in [1.82, 2.24) is 5.32 Å². The molecule has 7 heteroatoms. The third kappa shape index (κ3) is 5.02. The molecule has 1 amide bonds. The first kappa shape index (κ1) is 15.1. The van der Waals surface area contributed by atoms with Crippen molar-refractivity contribution in [3.05, 3.63) is 39.9 Å². The third-order valence-corrected chi connectivity index (χ3v) is 2.44. The van der Waals surface area contributed by atoms with Gasteiger partial charge in [-0.2, -0.15) is 0 Å². The number of nitrogens with zero attached hydrogens (tertiary/aromatic N) is 1. The Balaban J connectivity index is 2.61. The number of carbonyl (C=O) groups is 1. The van der Waals surface area contributed by atoms with E-state index in [0.717, 1.165) is 0 Å². The first-order valence-electron chi connectivity index (χ1n) is 5.69. The largest absolute Gasteiger partial charge is 0.394 e. The SMILES string of the molecule is COCC(CO)NC(=O)Cc1cccc([N+](=O)[O-])c1. The first-order chi connectivity index (χ1) is 9.06. The molecular weight excluding hydrogens is 252 g/mol. The lowest BCUT2D eigenvalue weighted by Crippen LogP contribution is -2.41. The van der Waals surface area contributed by atoms with Crippen LogP contribution in [0.2, 0.25) is 0 Å². The van der Waals surface area contributed by atoms with Gasteiger partial charge in [-0.1, -0.05) is 12.1 Å². The second kappa shape index (κ2) is 7.45. The summed E-state index contributed by atoms with van der Waals surface area (Å²) >= 11 is 0. The molecular formula is C12H16N2O5. The van der Waals surface area contributed by atoms with Gasteiger partial charge in [-0.05, 0) is 5.56 Å². The summed E-state index contributed by atoms with van der Waals surface area (Å²) in [6.45, 7) is -0.0221. The Morgan fingerprint density at radius 1 is 1.58 bits per heavy atom. The van der Waals surface area contributed by atoms with Crippen LogP contribution in [0.1, 0.15) is 5.56 Å². The third-order valence-electron chi connectivity index (χ3n) is 2.44. The molecule has 0 aliphatic rings. The fourth-order valence-electron chi connectivity index (χ4n) is 1.59. The van der Waals surface area contributed by atoms with Gasteiger partial charge in [-0.3, -0.25) is 14.9 Å². The molecule has 2 N–H and O–H groups in total. The summed E-state index contributed by atoms with van der Waals surface area (Å²) in [5.74, 6) is -0.323. The number of amides is 1. The van der Waals surface area contributed by atoms with Crippen molar-refractivity contribution in [2.75, 3.05) is 20.3 Å². The number of methoxy groups -OCH3 is 1. The van der Waals surface area contributed by atoms with Gasteiger partial charge in [0.2, 0.25) is 5.91 Å². The predicted molar refractivity (Wildman–Crippen MR) is 67.7 cm³/mol. The van der Waals surface area contributed by atoms with Crippen LogP contribution >= 0.6 is 0 Å². The number of hydrogen-bond acceptors (Lipinski definition) is 5. The number of nitro groups is 1. The zero-order valence-corrected chi connectivity index (χ0v) is 10.5. The topological polar surface area (TPSA) is 102 Å². The number of benzene rings is 1. The van der Waals surface area contributed by atoms with Crippen molar-refractivity contribution >= 4 is 11.6 Å².